The number of carbonyl (C=O) groups is 2. The topological polar surface area (TPSA) is 52.6 Å². The average molecular weight is 202 g/mol. The lowest BCUT2D eigenvalue weighted by Crippen LogP contribution is -2.23. The second kappa shape index (κ2) is 6.40. The first kappa shape index (κ1) is 12.9. The highest BCUT2D eigenvalue weighted by molar-refractivity contribution is 5.74. The Bertz CT molecular complexity index is 200. The molecule has 0 saturated heterocycles. The van der Waals surface area contributed by atoms with Crippen LogP contribution < -0.4 is 0 Å². The zero-order chi connectivity index (χ0) is 11.1. The molecule has 0 aliphatic rings. The number of hydrogen-bond acceptors (Lipinski definition) is 4. The molecule has 0 radical (unpaired) electrons. The molecule has 2 atom stereocenters. The van der Waals surface area contributed by atoms with Gasteiger partial charge in [-0.1, -0.05) is 13.8 Å². The third-order valence-corrected chi connectivity index (χ3v) is 2.09. The first-order valence-corrected chi connectivity index (χ1v) is 4.77. The van der Waals surface area contributed by atoms with Crippen LogP contribution in [0.4, 0.5) is 0 Å². The molecule has 0 aliphatic carbocycles. The number of hydrogen-bond donors (Lipinski definition) is 0. The molecule has 0 fully saturated rings. The Kier molecular flexibility index (Phi) is 5.92. The lowest BCUT2D eigenvalue weighted by atomic mass is 10.1. The van der Waals surface area contributed by atoms with E-state index in [9.17, 15) is 9.59 Å². The predicted octanol–water partition coefficient (Wildman–Crippen LogP) is 1.38. The van der Waals surface area contributed by atoms with Gasteiger partial charge in [-0.25, -0.2) is 0 Å². The molecule has 0 bridgehead atoms. The van der Waals surface area contributed by atoms with Crippen molar-refractivity contribution in [3.8, 4) is 0 Å². The summed E-state index contributed by atoms with van der Waals surface area (Å²) >= 11 is 0. The van der Waals surface area contributed by atoms with Gasteiger partial charge < -0.3 is 9.47 Å². The molecule has 0 aliphatic heterocycles. The van der Waals surface area contributed by atoms with E-state index >= 15 is 0 Å². The minimum absolute atomic E-state index is 0.0931. The van der Waals surface area contributed by atoms with Crippen molar-refractivity contribution in [1.82, 2.24) is 0 Å². The van der Waals surface area contributed by atoms with E-state index in [2.05, 4.69) is 4.74 Å². The average Bonchev–Trinajstić information content (AvgIpc) is 2.22. The zero-order valence-corrected chi connectivity index (χ0v) is 9.20. The molecule has 0 rings (SSSR count). The van der Waals surface area contributed by atoms with E-state index in [0.29, 0.717) is 0 Å². The lowest BCUT2D eigenvalue weighted by molar-refractivity contribution is -0.154. The lowest BCUT2D eigenvalue weighted by Gasteiger charge is -2.12. The number of rotatable bonds is 5. The molecule has 0 aromatic heterocycles. The van der Waals surface area contributed by atoms with E-state index in [1.165, 1.54) is 7.11 Å². The van der Waals surface area contributed by atoms with Crippen molar-refractivity contribution in [2.24, 2.45) is 11.8 Å². The van der Waals surface area contributed by atoms with Gasteiger partial charge in [-0.3, -0.25) is 9.59 Å². The third kappa shape index (κ3) is 4.25. The maximum absolute atomic E-state index is 11.2. The summed E-state index contributed by atoms with van der Waals surface area (Å²) in [4.78, 5) is 22.2. The van der Waals surface area contributed by atoms with E-state index in [1.54, 1.807) is 13.8 Å². The van der Waals surface area contributed by atoms with Gasteiger partial charge in [0.2, 0.25) is 0 Å². The van der Waals surface area contributed by atoms with Gasteiger partial charge in [0.15, 0.2) is 0 Å². The van der Waals surface area contributed by atoms with E-state index in [0.717, 1.165) is 6.42 Å². The van der Waals surface area contributed by atoms with E-state index < -0.39 is 5.92 Å². The van der Waals surface area contributed by atoms with Crippen molar-refractivity contribution >= 4 is 11.9 Å². The highest BCUT2D eigenvalue weighted by Crippen LogP contribution is 2.06. The Hall–Kier alpha value is -1.06. The summed E-state index contributed by atoms with van der Waals surface area (Å²) in [6, 6.07) is 0. The summed E-state index contributed by atoms with van der Waals surface area (Å²) < 4.78 is 9.44. The maximum Gasteiger partial charge on any atom is 0.311 e. The third-order valence-electron chi connectivity index (χ3n) is 2.09. The minimum atomic E-state index is -0.395. The fourth-order valence-corrected chi connectivity index (χ4v) is 0.785. The van der Waals surface area contributed by atoms with Crippen LogP contribution in [0.1, 0.15) is 27.2 Å². The van der Waals surface area contributed by atoms with Gasteiger partial charge in [-0.15, -0.1) is 0 Å². The molecule has 0 aromatic rings. The van der Waals surface area contributed by atoms with Crippen molar-refractivity contribution in [2.75, 3.05) is 13.7 Å². The highest BCUT2D eigenvalue weighted by Gasteiger charge is 2.17. The summed E-state index contributed by atoms with van der Waals surface area (Å²) in [7, 11) is 1.31. The second-order valence-electron chi connectivity index (χ2n) is 3.36. The van der Waals surface area contributed by atoms with Crippen LogP contribution in [0.25, 0.3) is 0 Å². The Balaban J connectivity index is 3.82. The molecule has 2 unspecified atom stereocenters. The summed E-state index contributed by atoms with van der Waals surface area (Å²) in [5, 5.41) is 0. The van der Waals surface area contributed by atoms with Crippen LogP contribution in [0.2, 0.25) is 0 Å². The number of methoxy groups -OCH3 is 1. The minimum Gasteiger partial charge on any atom is -0.469 e. The van der Waals surface area contributed by atoms with Gasteiger partial charge in [-0.05, 0) is 13.3 Å². The van der Waals surface area contributed by atoms with Crippen molar-refractivity contribution < 1.29 is 19.1 Å². The maximum atomic E-state index is 11.2. The predicted molar refractivity (Wildman–Crippen MR) is 51.6 cm³/mol. The molecule has 4 nitrogen and oxygen atoms in total. The molecule has 0 N–H and O–H groups in total. The zero-order valence-electron chi connectivity index (χ0n) is 9.20. The first-order valence-electron chi connectivity index (χ1n) is 4.77. The Morgan fingerprint density at radius 1 is 1.14 bits per heavy atom. The van der Waals surface area contributed by atoms with Crippen LogP contribution in [-0.4, -0.2) is 25.7 Å². The van der Waals surface area contributed by atoms with Gasteiger partial charge in [-0.2, -0.15) is 0 Å². The van der Waals surface area contributed by atoms with Gasteiger partial charge in [0.1, 0.15) is 6.61 Å². The highest BCUT2D eigenvalue weighted by atomic mass is 16.5. The van der Waals surface area contributed by atoms with Crippen LogP contribution in [0.5, 0.6) is 0 Å². The molecule has 14 heavy (non-hydrogen) atoms. The number of esters is 2. The van der Waals surface area contributed by atoms with Gasteiger partial charge in [0.25, 0.3) is 0 Å². The number of carbonyl (C=O) groups excluding carboxylic acids is 2. The molecule has 0 amide bonds. The van der Waals surface area contributed by atoms with Crippen molar-refractivity contribution in [3.05, 3.63) is 0 Å². The summed E-state index contributed by atoms with van der Waals surface area (Å²) in [5.74, 6) is -1.13. The monoisotopic (exact) mass is 202 g/mol. The molecule has 0 spiro atoms. The Morgan fingerprint density at radius 3 is 2.14 bits per heavy atom. The Labute approximate surface area is 84.6 Å². The smallest absolute Gasteiger partial charge is 0.311 e. The van der Waals surface area contributed by atoms with E-state index in [1.807, 2.05) is 6.92 Å². The largest absolute Gasteiger partial charge is 0.469 e. The van der Waals surface area contributed by atoms with Crippen molar-refractivity contribution in [1.29, 1.82) is 0 Å². The van der Waals surface area contributed by atoms with Crippen LogP contribution >= 0.6 is 0 Å². The van der Waals surface area contributed by atoms with Crippen LogP contribution in [0.3, 0.4) is 0 Å². The summed E-state index contributed by atoms with van der Waals surface area (Å²) in [6.45, 7) is 5.46. The quantitative estimate of drug-likeness (QED) is 0.632. The molecule has 4 heteroatoms. The summed E-state index contributed by atoms with van der Waals surface area (Å²) in [5.41, 5.74) is 0. The molecular formula is C10H18O4. The van der Waals surface area contributed by atoms with Gasteiger partial charge >= 0.3 is 11.9 Å². The van der Waals surface area contributed by atoms with E-state index in [4.69, 9.17) is 4.74 Å². The van der Waals surface area contributed by atoms with Crippen LogP contribution in [0.15, 0.2) is 0 Å². The normalized spacial score (nSPS) is 14.3. The second-order valence-corrected chi connectivity index (χ2v) is 3.36. The molecular weight excluding hydrogens is 184 g/mol. The van der Waals surface area contributed by atoms with Crippen LogP contribution in [0, 0.1) is 11.8 Å². The molecule has 0 aromatic carbocycles. The van der Waals surface area contributed by atoms with E-state index in [-0.39, 0.29) is 24.5 Å². The van der Waals surface area contributed by atoms with Crippen LogP contribution in [-0.2, 0) is 19.1 Å². The van der Waals surface area contributed by atoms with Crippen molar-refractivity contribution in [3.63, 3.8) is 0 Å². The van der Waals surface area contributed by atoms with Gasteiger partial charge in [0.05, 0.1) is 18.9 Å². The first-order chi connectivity index (χ1) is 6.52. The molecule has 82 valence electrons. The summed E-state index contributed by atoms with van der Waals surface area (Å²) in [6.07, 6.45) is 0.742. The standard InChI is InChI=1S/C10H18O4/c1-5-7(2)10(12)14-6-8(3)9(11)13-4/h7-8H,5-6H2,1-4H3. The molecule has 0 heterocycles. The molecule has 0 saturated carbocycles. The SMILES string of the molecule is CCC(C)C(=O)OCC(C)C(=O)OC. The van der Waals surface area contributed by atoms with Crippen molar-refractivity contribution in [2.45, 2.75) is 27.2 Å². The Morgan fingerprint density at radius 2 is 1.71 bits per heavy atom. The fraction of sp³-hybridized carbons (Fsp3) is 0.800. The number of ether oxygens (including phenoxy) is 2. The van der Waals surface area contributed by atoms with Gasteiger partial charge in [0, 0.05) is 0 Å². The fourth-order valence-electron chi connectivity index (χ4n) is 0.785.